The molecule has 1 rings (SSSR count). The van der Waals surface area contributed by atoms with Gasteiger partial charge in [-0.15, -0.1) is 0 Å². The number of carbonyl (C=O) groups excluding carboxylic acids is 1. The molecule has 1 saturated carbocycles. The van der Waals surface area contributed by atoms with Crippen LogP contribution in [0.5, 0.6) is 0 Å². The standard InChI is InChI=1S/C13H26N2O/c1-6-15(9-10-7-8-10)11(16)12(2,3)13(4,5)14/h10H,6-9,14H2,1-5H3. The molecule has 0 aromatic rings. The molecule has 0 aromatic heterocycles. The van der Waals surface area contributed by atoms with Crippen LogP contribution in [0.2, 0.25) is 0 Å². The zero-order chi connectivity index (χ0) is 12.6. The van der Waals surface area contributed by atoms with E-state index in [4.69, 9.17) is 5.73 Å². The molecule has 0 aliphatic heterocycles. The first-order valence-corrected chi connectivity index (χ1v) is 6.28. The van der Waals surface area contributed by atoms with Gasteiger partial charge in [0.05, 0.1) is 5.41 Å². The summed E-state index contributed by atoms with van der Waals surface area (Å²) in [5.41, 5.74) is 5.12. The highest BCUT2D eigenvalue weighted by atomic mass is 16.2. The van der Waals surface area contributed by atoms with Crippen LogP contribution >= 0.6 is 0 Å². The topological polar surface area (TPSA) is 46.3 Å². The summed E-state index contributed by atoms with van der Waals surface area (Å²) < 4.78 is 0. The highest BCUT2D eigenvalue weighted by Gasteiger charge is 2.43. The van der Waals surface area contributed by atoms with Crippen LogP contribution < -0.4 is 5.73 Å². The van der Waals surface area contributed by atoms with Crippen molar-refractivity contribution in [1.29, 1.82) is 0 Å². The van der Waals surface area contributed by atoms with Gasteiger partial charge >= 0.3 is 0 Å². The van der Waals surface area contributed by atoms with Crippen molar-refractivity contribution in [2.75, 3.05) is 13.1 Å². The summed E-state index contributed by atoms with van der Waals surface area (Å²) >= 11 is 0. The Balaban J connectivity index is 2.72. The Labute approximate surface area is 99.4 Å². The average molecular weight is 226 g/mol. The number of nitrogens with zero attached hydrogens (tertiary/aromatic N) is 1. The van der Waals surface area contributed by atoms with Crippen LogP contribution in [0, 0.1) is 11.3 Å². The predicted octanol–water partition coefficient (Wildman–Crippen LogP) is 2.01. The maximum atomic E-state index is 12.5. The fourth-order valence-electron chi connectivity index (χ4n) is 1.64. The lowest BCUT2D eigenvalue weighted by Gasteiger charge is -2.40. The second-order valence-electron chi connectivity index (χ2n) is 6.13. The molecule has 2 N–H and O–H groups in total. The Morgan fingerprint density at radius 1 is 1.31 bits per heavy atom. The highest BCUT2D eigenvalue weighted by Crippen LogP contribution is 2.34. The van der Waals surface area contributed by atoms with Crippen molar-refractivity contribution in [3.8, 4) is 0 Å². The van der Waals surface area contributed by atoms with E-state index in [2.05, 4.69) is 0 Å². The molecular weight excluding hydrogens is 200 g/mol. The number of hydrogen-bond acceptors (Lipinski definition) is 2. The van der Waals surface area contributed by atoms with Crippen molar-refractivity contribution in [3.63, 3.8) is 0 Å². The van der Waals surface area contributed by atoms with Crippen LogP contribution in [0.1, 0.15) is 47.5 Å². The summed E-state index contributed by atoms with van der Waals surface area (Å²) in [6, 6.07) is 0. The Morgan fingerprint density at radius 3 is 2.12 bits per heavy atom. The molecular formula is C13H26N2O. The molecule has 0 bridgehead atoms. The van der Waals surface area contributed by atoms with Crippen molar-refractivity contribution in [1.82, 2.24) is 4.90 Å². The number of nitrogens with two attached hydrogens (primary N) is 1. The zero-order valence-electron chi connectivity index (χ0n) is 11.3. The maximum absolute atomic E-state index is 12.5. The second-order valence-corrected chi connectivity index (χ2v) is 6.13. The molecule has 0 heterocycles. The van der Waals surface area contributed by atoms with Crippen LogP contribution in [0.15, 0.2) is 0 Å². The maximum Gasteiger partial charge on any atom is 0.230 e. The minimum absolute atomic E-state index is 0.189. The van der Waals surface area contributed by atoms with E-state index < -0.39 is 11.0 Å². The first kappa shape index (κ1) is 13.5. The van der Waals surface area contributed by atoms with Gasteiger partial charge in [0.15, 0.2) is 0 Å². The molecule has 1 aliphatic carbocycles. The van der Waals surface area contributed by atoms with Crippen molar-refractivity contribution in [3.05, 3.63) is 0 Å². The normalized spacial score (nSPS) is 17.4. The van der Waals surface area contributed by atoms with Crippen LogP contribution in [0.4, 0.5) is 0 Å². The fourth-order valence-corrected chi connectivity index (χ4v) is 1.64. The second kappa shape index (κ2) is 4.36. The number of amides is 1. The van der Waals surface area contributed by atoms with E-state index in [1.807, 2.05) is 39.5 Å². The third kappa shape index (κ3) is 2.76. The van der Waals surface area contributed by atoms with Gasteiger partial charge in [-0.3, -0.25) is 4.79 Å². The van der Waals surface area contributed by atoms with Gasteiger partial charge < -0.3 is 10.6 Å². The van der Waals surface area contributed by atoms with Gasteiger partial charge in [-0.25, -0.2) is 0 Å². The molecule has 94 valence electrons. The lowest BCUT2D eigenvalue weighted by atomic mass is 9.74. The molecule has 0 spiro atoms. The Kier molecular flexibility index (Phi) is 3.68. The lowest BCUT2D eigenvalue weighted by Crippen LogP contribution is -2.56. The predicted molar refractivity (Wildman–Crippen MR) is 67.0 cm³/mol. The molecule has 0 atom stereocenters. The first-order chi connectivity index (χ1) is 7.20. The van der Waals surface area contributed by atoms with E-state index in [-0.39, 0.29) is 5.91 Å². The lowest BCUT2D eigenvalue weighted by molar-refractivity contribution is -0.143. The van der Waals surface area contributed by atoms with Crippen molar-refractivity contribution in [2.24, 2.45) is 17.1 Å². The summed E-state index contributed by atoms with van der Waals surface area (Å²) in [5, 5.41) is 0. The van der Waals surface area contributed by atoms with E-state index in [0.29, 0.717) is 0 Å². The smallest absolute Gasteiger partial charge is 0.230 e. The molecule has 0 aromatic carbocycles. The van der Waals surface area contributed by atoms with Gasteiger partial charge in [-0.1, -0.05) is 0 Å². The molecule has 16 heavy (non-hydrogen) atoms. The largest absolute Gasteiger partial charge is 0.342 e. The molecule has 0 saturated heterocycles. The monoisotopic (exact) mass is 226 g/mol. The molecule has 1 fully saturated rings. The minimum Gasteiger partial charge on any atom is -0.342 e. The molecule has 1 aliphatic rings. The fraction of sp³-hybridized carbons (Fsp3) is 0.923. The Bertz CT molecular complexity index is 262. The SMILES string of the molecule is CCN(CC1CC1)C(=O)C(C)(C)C(C)(C)N. The molecule has 0 radical (unpaired) electrons. The van der Waals surface area contributed by atoms with Crippen LogP contribution in [-0.4, -0.2) is 29.4 Å². The summed E-state index contributed by atoms with van der Waals surface area (Å²) in [7, 11) is 0. The van der Waals surface area contributed by atoms with Crippen LogP contribution in [0.3, 0.4) is 0 Å². The third-order valence-corrected chi connectivity index (χ3v) is 3.99. The van der Waals surface area contributed by atoms with Gasteiger partial charge in [0.2, 0.25) is 5.91 Å². The van der Waals surface area contributed by atoms with E-state index in [1.54, 1.807) is 0 Å². The van der Waals surface area contributed by atoms with E-state index in [0.717, 1.165) is 19.0 Å². The Morgan fingerprint density at radius 2 is 1.81 bits per heavy atom. The summed E-state index contributed by atoms with van der Waals surface area (Å²) in [5.74, 6) is 0.926. The highest BCUT2D eigenvalue weighted by molar-refractivity contribution is 5.83. The molecule has 1 amide bonds. The number of hydrogen-bond donors (Lipinski definition) is 1. The quantitative estimate of drug-likeness (QED) is 0.779. The van der Waals surface area contributed by atoms with Crippen molar-refractivity contribution >= 4 is 5.91 Å². The average Bonchev–Trinajstić information content (AvgIpc) is 2.94. The third-order valence-electron chi connectivity index (χ3n) is 3.99. The van der Waals surface area contributed by atoms with Crippen LogP contribution in [0.25, 0.3) is 0 Å². The van der Waals surface area contributed by atoms with Gasteiger partial charge in [0, 0.05) is 18.6 Å². The van der Waals surface area contributed by atoms with E-state index >= 15 is 0 Å². The van der Waals surface area contributed by atoms with E-state index in [9.17, 15) is 4.79 Å². The molecule has 3 nitrogen and oxygen atoms in total. The van der Waals surface area contributed by atoms with Gasteiger partial charge in [-0.2, -0.15) is 0 Å². The molecule has 0 unspecified atom stereocenters. The number of carbonyl (C=O) groups is 1. The van der Waals surface area contributed by atoms with Crippen LogP contribution in [-0.2, 0) is 4.79 Å². The van der Waals surface area contributed by atoms with Gasteiger partial charge in [0.1, 0.15) is 0 Å². The Hall–Kier alpha value is -0.570. The summed E-state index contributed by atoms with van der Waals surface area (Å²) in [4.78, 5) is 14.4. The van der Waals surface area contributed by atoms with Crippen molar-refractivity contribution < 1.29 is 4.79 Å². The van der Waals surface area contributed by atoms with Gasteiger partial charge in [0.25, 0.3) is 0 Å². The zero-order valence-corrected chi connectivity index (χ0v) is 11.3. The van der Waals surface area contributed by atoms with E-state index in [1.165, 1.54) is 12.8 Å². The summed E-state index contributed by atoms with van der Waals surface area (Å²) in [6.45, 7) is 11.5. The summed E-state index contributed by atoms with van der Waals surface area (Å²) in [6.07, 6.45) is 2.55. The van der Waals surface area contributed by atoms with Crippen molar-refractivity contribution in [2.45, 2.75) is 53.0 Å². The molecule has 3 heteroatoms. The minimum atomic E-state index is -0.502. The van der Waals surface area contributed by atoms with Gasteiger partial charge in [-0.05, 0) is 53.4 Å². The number of rotatable bonds is 5. The first-order valence-electron chi connectivity index (χ1n) is 6.28.